The van der Waals surface area contributed by atoms with Gasteiger partial charge in [0.1, 0.15) is 5.60 Å². The molecule has 2 fully saturated rings. The SMILES string of the molecule is CCC1(OC(=O)COC(=O)C2CC3C=CC2C3)CCCCC1. The van der Waals surface area contributed by atoms with Gasteiger partial charge in [-0.2, -0.15) is 0 Å². The first-order chi connectivity index (χ1) is 10.6. The first-order valence-electron chi connectivity index (χ1n) is 8.69. The molecule has 0 heterocycles. The summed E-state index contributed by atoms with van der Waals surface area (Å²) >= 11 is 0. The van der Waals surface area contributed by atoms with Crippen LogP contribution in [0.5, 0.6) is 0 Å². The van der Waals surface area contributed by atoms with E-state index in [1.807, 2.05) is 0 Å². The Morgan fingerprint density at radius 2 is 1.91 bits per heavy atom. The maximum atomic E-state index is 12.1. The smallest absolute Gasteiger partial charge is 0.344 e. The highest BCUT2D eigenvalue weighted by atomic mass is 16.6. The number of carbonyl (C=O) groups excluding carboxylic acids is 2. The van der Waals surface area contributed by atoms with Gasteiger partial charge in [0, 0.05) is 0 Å². The van der Waals surface area contributed by atoms with E-state index in [9.17, 15) is 9.59 Å². The summed E-state index contributed by atoms with van der Waals surface area (Å²) in [6.07, 6.45) is 12.4. The summed E-state index contributed by atoms with van der Waals surface area (Å²) < 4.78 is 10.9. The first kappa shape index (κ1) is 15.6. The number of esters is 2. The van der Waals surface area contributed by atoms with Gasteiger partial charge in [-0.05, 0) is 56.8 Å². The second-order valence-electron chi connectivity index (χ2n) is 7.07. The number of hydrogen-bond acceptors (Lipinski definition) is 4. The van der Waals surface area contributed by atoms with Gasteiger partial charge in [0.2, 0.25) is 0 Å². The van der Waals surface area contributed by atoms with Crippen LogP contribution in [0.25, 0.3) is 0 Å². The number of ether oxygens (including phenoxy) is 2. The van der Waals surface area contributed by atoms with E-state index in [4.69, 9.17) is 9.47 Å². The molecule has 0 amide bonds. The molecule has 2 bridgehead atoms. The molecule has 0 aromatic heterocycles. The molecule has 0 aliphatic heterocycles. The minimum Gasteiger partial charge on any atom is -0.457 e. The fourth-order valence-electron chi connectivity index (χ4n) is 4.28. The van der Waals surface area contributed by atoms with Crippen molar-refractivity contribution in [2.24, 2.45) is 17.8 Å². The molecule has 0 spiro atoms. The lowest BCUT2D eigenvalue weighted by molar-refractivity contribution is -0.175. The van der Waals surface area contributed by atoms with Gasteiger partial charge in [-0.1, -0.05) is 25.5 Å². The molecular weight excluding hydrogens is 280 g/mol. The van der Waals surface area contributed by atoms with Crippen LogP contribution in [-0.4, -0.2) is 24.1 Å². The fourth-order valence-corrected chi connectivity index (χ4v) is 4.28. The quantitative estimate of drug-likeness (QED) is 0.577. The van der Waals surface area contributed by atoms with Crippen molar-refractivity contribution in [3.8, 4) is 0 Å². The van der Waals surface area contributed by atoms with E-state index in [0.29, 0.717) is 11.8 Å². The highest BCUT2D eigenvalue weighted by Gasteiger charge is 2.41. The monoisotopic (exact) mass is 306 g/mol. The van der Waals surface area contributed by atoms with E-state index in [1.165, 1.54) is 6.42 Å². The van der Waals surface area contributed by atoms with Crippen molar-refractivity contribution in [2.45, 2.75) is 63.9 Å². The zero-order chi connectivity index (χ0) is 15.6. The second-order valence-corrected chi connectivity index (χ2v) is 7.07. The molecule has 4 nitrogen and oxygen atoms in total. The van der Waals surface area contributed by atoms with Gasteiger partial charge >= 0.3 is 11.9 Å². The topological polar surface area (TPSA) is 52.6 Å². The van der Waals surface area contributed by atoms with Gasteiger partial charge in [0.05, 0.1) is 5.92 Å². The molecule has 2 saturated carbocycles. The van der Waals surface area contributed by atoms with Crippen LogP contribution in [0, 0.1) is 17.8 Å². The van der Waals surface area contributed by atoms with Crippen molar-refractivity contribution in [2.75, 3.05) is 6.61 Å². The van der Waals surface area contributed by atoms with Crippen LogP contribution >= 0.6 is 0 Å². The largest absolute Gasteiger partial charge is 0.457 e. The number of rotatable bonds is 5. The van der Waals surface area contributed by atoms with E-state index in [-0.39, 0.29) is 24.1 Å². The van der Waals surface area contributed by atoms with Gasteiger partial charge in [0.15, 0.2) is 6.61 Å². The number of hydrogen-bond donors (Lipinski definition) is 0. The summed E-state index contributed by atoms with van der Waals surface area (Å²) in [6, 6.07) is 0. The van der Waals surface area contributed by atoms with Crippen molar-refractivity contribution in [1.82, 2.24) is 0 Å². The highest BCUT2D eigenvalue weighted by molar-refractivity contribution is 5.78. The minimum absolute atomic E-state index is 0.0578. The minimum atomic E-state index is -0.393. The van der Waals surface area contributed by atoms with Crippen LogP contribution in [0.3, 0.4) is 0 Å². The van der Waals surface area contributed by atoms with Crippen molar-refractivity contribution < 1.29 is 19.1 Å². The van der Waals surface area contributed by atoms with Crippen LogP contribution in [0.4, 0.5) is 0 Å². The molecule has 4 heteroatoms. The van der Waals surface area contributed by atoms with Gasteiger partial charge in [-0.25, -0.2) is 4.79 Å². The molecule has 3 aliphatic rings. The van der Waals surface area contributed by atoms with Crippen molar-refractivity contribution in [3.05, 3.63) is 12.2 Å². The zero-order valence-electron chi connectivity index (χ0n) is 13.4. The summed E-state index contributed by atoms with van der Waals surface area (Å²) in [4.78, 5) is 24.2. The number of allylic oxidation sites excluding steroid dienone is 2. The van der Waals surface area contributed by atoms with Gasteiger partial charge in [0.25, 0.3) is 0 Å². The molecule has 122 valence electrons. The summed E-state index contributed by atoms with van der Waals surface area (Å²) in [7, 11) is 0. The Hall–Kier alpha value is -1.32. The number of fused-ring (bicyclic) bond motifs is 2. The Kier molecular flexibility index (Phi) is 4.55. The van der Waals surface area contributed by atoms with Crippen molar-refractivity contribution >= 4 is 11.9 Å². The van der Waals surface area contributed by atoms with Gasteiger partial charge in [-0.3, -0.25) is 4.79 Å². The Morgan fingerprint density at radius 3 is 2.50 bits per heavy atom. The molecule has 0 saturated heterocycles. The summed E-state index contributed by atoms with van der Waals surface area (Å²) in [5.74, 6) is 0.158. The molecule has 0 N–H and O–H groups in total. The lowest BCUT2D eigenvalue weighted by Crippen LogP contribution is -2.38. The van der Waals surface area contributed by atoms with Gasteiger partial charge < -0.3 is 9.47 Å². The Labute approximate surface area is 132 Å². The molecule has 0 aromatic carbocycles. The van der Waals surface area contributed by atoms with Crippen LogP contribution in [0.15, 0.2) is 12.2 Å². The normalized spacial score (nSPS) is 32.0. The second kappa shape index (κ2) is 6.43. The maximum Gasteiger partial charge on any atom is 0.344 e. The van der Waals surface area contributed by atoms with E-state index in [1.54, 1.807) is 0 Å². The predicted octanol–water partition coefficient (Wildman–Crippen LogP) is 3.40. The Morgan fingerprint density at radius 1 is 1.14 bits per heavy atom. The van der Waals surface area contributed by atoms with Crippen LogP contribution < -0.4 is 0 Å². The molecule has 3 aliphatic carbocycles. The molecule has 22 heavy (non-hydrogen) atoms. The fraction of sp³-hybridized carbons (Fsp3) is 0.778. The van der Waals surface area contributed by atoms with Crippen LogP contribution in [-0.2, 0) is 19.1 Å². The van der Waals surface area contributed by atoms with Crippen LogP contribution in [0.1, 0.15) is 58.3 Å². The lowest BCUT2D eigenvalue weighted by Gasteiger charge is -2.35. The van der Waals surface area contributed by atoms with E-state index < -0.39 is 5.97 Å². The average Bonchev–Trinajstić information content (AvgIpc) is 3.16. The Balaban J connectivity index is 1.46. The zero-order valence-corrected chi connectivity index (χ0v) is 13.4. The van der Waals surface area contributed by atoms with Crippen LogP contribution in [0.2, 0.25) is 0 Å². The molecule has 0 aromatic rings. The maximum absolute atomic E-state index is 12.1. The predicted molar refractivity (Wildman–Crippen MR) is 82.0 cm³/mol. The van der Waals surface area contributed by atoms with Crippen molar-refractivity contribution in [3.63, 3.8) is 0 Å². The number of carbonyl (C=O) groups is 2. The Bertz CT molecular complexity index is 462. The van der Waals surface area contributed by atoms with E-state index >= 15 is 0 Å². The van der Waals surface area contributed by atoms with E-state index in [2.05, 4.69) is 19.1 Å². The molecule has 0 radical (unpaired) electrons. The summed E-state index contributed by atoms with van der Waals surface area (Å²) in [5.41, 5.74) is -0.323. The molecule has 3 rings (SSSR count). The molecule has 3 atom stereocenters. The summed E-state index contributed by atoms with van der Waals surface area (Å²) in [5, 5.41) is 0. The summed E-state index contributed by atoms with van der Waals surface area (Å²) in [6.45, 7) is 1.82. The molecular formula is C18H26O4. The third kappa shape index (κ3) is 3.21. The molecule has 3 unspecified atom stereocenters. The standard InChI is InChI=1S/C18H26O4/c1-2-18(8-4-3-5-9-18)22-16(19)12-21-17(20)15-11-13-6-7-14(15)10-13/h6-7,13-15H,2-5,8-12H2,1H3. The van der Waals surface area contributed by atoms with E-state index in [0.717, 1.165) is 44.9 Å². The first-order valence-corrected chi connectivity index (χ1v) is 8.69. The average molecular weight is 306 g/mol. The van der Waals surface area contributed by atoms with Gasteiger partial charge in [-0.15, -0.1) is 0 Å². The third-order valence-electron chi connectivity index (χ3n) is 5.65. The third-order valence-corrected chi connectivity index (χ3v) is 5.65. The van der Waals surface area contributed by atoms with Crippen molar-refractivity contribution in [1.29, 1.82) is 0 Å². The lowest BCUT2D eigenvalue weighted by atomic mass is 9.83. The highest BCUT2D eigenvalue weighted by Crippen LogP contribution is 2.43.